The molecule has 3 amide bonds. The summed E-state index contributed by atoms with van der Waals surface area (Å²) in [6, 6.07) is 6.11. The zero-order valence-electron chi connectivity index (χ0n) is 21.2. The summed E-state index contributed by atoms with van der Waals surface area (Å²) < 4.78 is 5.40. The number of aryl methyl sites for hydroxylation is 1. The molecule has 0 saturated heterocycles. The van der Waals surface area contributed by atoms with Gasteiger partial charge in [-0.3, -0.25) is 9.59 Å². The van der Waals surface area contributed by atoms with Crippen molar-refractivity contribution in [2.45, 2.75) is 97.9 Å². The van der Waals surface area contributed by atoms with Crippen LogP contribution in [0.3, 0.4) is 0 Å². The van der Waals surface area contributed by atoms with Gasteiger partial charge in [0.05, 0.1) is 0 Å². The van der Waals surface area contributed by atoms with Gasteiger partial charge in [0, 0.05) is 12.6 Å². The average Bonchev–Trinajstić information content (AvgIpc) is 3.54. The molecule has 0 spiro atoms. The largest absolute Gasteiger partial charge is 0.444 e. The highest BCUT2D eigenvalue weighted by Gasteiger charge is 2.45. The molecule has 0 aliphatic heterocycles. The molecule has 2 rings (SSSR count). The summed E-state index contributed by atoms with van der Waals surface area (Å²) in [5.74, 6) is -0.609. The predicted octanol–water partition coefficient (Wildman–Crippen LogP) is 4.49. The van der Waals surface area contributed by atoms with Gasteiger partial charge in [-0.2, -0.15) is 0 Å². The Kier molecular flexibility index (Phi) is 9.32. The van der Waals surface area contributed by atoms with Gasteiger partial charge in [0.25, 0.3) is 0 Å². The second-order valence-corrected chi connectivity index (χ2v) is 10.2. The first kappa shape index (κ1) is 26.7. The molecule has 184 valence electrons. The van der Waals surface area contributed by atoms with Gasteiger partial charge in [0.1, 0.15) is 17.7 Å². The van der Waals surface area contributed by atoms with Crippen LogP contribution in [0.5, 0.6) is 0 Å². The molecule has 7 nitrogen and oxygen atoms in total. The van der Waals surface area contributed by atoms with Crippen LogP contribution in [0, 0.1) is 12.8 Å². The van der Waals surface area contributed by atoms with Gasteiger partial charge in [-0.15, -0.1) is 0 Å². The first-order valence-electron chi connectivity index (χ1n) is 12.1. The third-order valence-electron chi connectivity index (χ3n) is 5.64. The standard InChI is InChI=1S/C26H41N3O4/c1-8-9-16-27-23(30)22(20-13-11-10-12-18(20)4)29(19-14-15-19)24(31)21(17(2)3)28-25(32)33-26(5,6)7/h10-13,17,19,21-22H,8-9,14-16H2,1-7H3,(H,27,30)(H,28,32). The molecule has 1 aromatic carbocycles. The fourth-order valence-corrected chi connectivity index (χ4v) is 3.78. The lowest BCUT2D eigenvalue weighted by atomic mass is 9.96. The summed E-state index contributed by atoms with van der Waals surface area (Å²) in [6.07, 6.45) is 2.89. The molecule has 0 heterocycles. The molecule has 0 radical (unpaired) electrons. The third kappa shape index (κ3) is 7.76. The minimum Gasteiger partial charge on any atom is -0.444 e. The van der Waals surface area contributed by atoms with Crippen LogP contribution in [0.2, 0.25) is 0 Å². The number of amides is 3. The highest BCUT2D eigenvalue weighted by Crippen LogP contribution is 2.37. The van der Waals surface area contributed by atoms with Gasteiger partial charge in [0.15, 0.2) is 0 Å². The van der Waals surface area contributed by atoms with Crippen molar-refractivity contribution < 1.29 is 19.1 Å². The van der Waals surface area contributed by atoms with Crippen molar-refractivity contribution in [3.05, 3.63) is 35.4 Å². The molecule has 1 aliphatic rings. The zero-order chi connectivity index (χ0) is 24.8. The SMILES string of the molecule is CCCCNC(=O)C(c1ccccc1C)N(C(=O)C(NC(=O)OC(C)(C)C)C(C)C)C1CC1. The van der Waals surface area contributed by atoms with Crippen LogP contribution in [-0.4, -0.2) is 47.0 Å². The van der Waals surface area contributed by atoms with Crippen molar-refractivity contribution in [2.75, 3.05) is 6.54 Å². The van der Waals surface area contributed by atoms with E-state index in [4.69, 9.17) is 4.74 Å². The van der Waals surface area contributed by atoms with Crippen LogP contribution in [0.15, 0.2) is 24.3 Å². The Balaban J connectivity index is 2.40. The topological polar surface area (TPSA) is 87.7 Å². The van der Waals surface area contributed by atoms with Gasteiger partial charge in [-0.05, 0) is 64.0 Å². The van der Waals surface area contributed by atoms with E-state index in [1.807, 2.05) is 45.0 Å². The summed E-state index contributed by atoms with van der Waals surface area (Å²) in [4.78, 5) is 41.5. The molecule has 0 bridgehead atoms. The molecule has 1 aliphatic carbocycles. The predicted molar refractivity (Wildman–Crippen MR) is 130 cm³/mol. The summed E-state index contributed by atoms with van der Waals surface area (Å²) in [5, 5.41) is 5.79. The maximum Gasteiger partial charge on any atom is 0.408 e. The van der Waals surface area contributed by atoms with E-state index in [2.05, 4.69) is 17.6 Å². The van der Waals surface area contributed by atoms with Crippen LogP contribution in [0.1, 0.15) is 84.4 Å². The van der Waals surface area contributed by atoms with Crippen molar-refractivity contribution in [3.8, 4) is 0 Å². The number of ether oxygens (including phenoxy) is 1. The minimum atomic E-state index is -0.796. The van der Waals surface area contributed by atoms with Gasteiger partial charge in [-0.1, -0.05) is 51.5 Å². The second kappa shape index (κ2) is 11.5. The molecule has 33 heavy (non-hydrogen) atoms. The number of nitrogens with zero attached hydrogens (tertiary/aromatic N) is 1. The number of benzene rings is 1. The molecular formula is C26H41N3O4. The van der Waals surface area contributed by atoms with Crippen LogP contribution in [0.25, 0.3) is 0 Å². The van der Waals surface area contributed by atoms with Crippen molar-refractivity contribution in [3.63, 3.8) is 0 Å². The second-order valence-electron chi connectivity index (χ2n) is 10.2. The van der Waals surface area contributed by atoms with Crippen LogP contribution in [-0.2, 0) is 14.3 Å². The lowest BCUT2D eigenvalue weighted by Gasteiger charge is -2.36. The number of unbranched alkanes of at least 4 members (excludes halogenated alkanes) is 1. The summed E-state index contributed by atoms with van der Waals surface area (Å²) in [7, 11) is 0. The highest BCUT2D eigenvalue weighted by molar-refractivity contribution is 5.93. The monoisotopic (exact) mass is 459 g/mol. The Bertz CT molecular complexity index is 827. The average molecular weight is 460 g/mol. The number of carbonyl (C=O) groups is 3. The molecule has 1 saturated carbocycles. The Morgan fingerprint density at radius 1 is 1.15 bits per heavy atom. The zero-order valence-corrected chi connectivity index (χ0v) is 21.2. The molecule has 0 aromatic heterocycles. The Hall–Kier alpha value is -2.57. The normalized spacial score (nSPS) is 15.5. The molecule has 7 heteroatoms. The van der Waals surface area contributed by atoms with E-state index in [0.29, 0.717) is 6.54 Å². The Labute approximate surface area is 198 Å². The van der Waals surface area contributed by atoms with E-state index >= 15 is 0 Å². The van der Waals surface area contributed by atoms with Gasteiger partial charge in [-0.25, -0.2) is 4.79 Å². The van der Waals surface area contributed by atoms with E-state index in [1.54, 1.807) is 25.7 Å². The lowest BCUT2D eigenvalue weighted by molar-refractivity contribution is -0.144. The van der Waals surface area contributed by atoms with Gasteiger partial charge >= 0.3 is 6.09 Å². The van der Waals surface area contributed by atoms with Crippen LogP contribution >= 0.6 is 0 Å². The van der Waals surface area contributed by atoms with Crippen molar-refractivity contribution >= 4 is 17.9 Å². The number of nitrogens with one attached hydrogen (secondary N) is 2. The highest BCUT2D eigenvalue weighted by atomic mass is 16.6. The first-order chi connectivity index (χ1) is 15.5. The fraction of sp³-hybridized carbons (Fsp3) is 0.654. The number of alkyl carbamates (subject to hydrolysis) is 1. The number of carbonyl (C=O) groups excluding carboxylic acids is 3. The summed E-state index contributed by atoms with van der Waals surface area (Å²) in [6.45, 7) is 13.7. The van der Waals surface area contributed by atoms with Crippen LogP contribution in [0.4, 0.5) is 4.79 Å². The maximum absolute atomic E-state index is 13.9. The first-order valence-corrected chi connectivity index (χ1v) is 12.1. The molecule has 2 unspecified atom stereocenters. The van der Waals surface area contributed by atoms with Gasteiger partial charge < -0.3 is 20.3 Å². The molecule has 2 N–H and O–H groups in total. The lowest BCUT2D eigenvalue weighted by Crippen LogP contribution is -2.55. The Morgan fingerprint density at radius 2 is 1.79 bits per heavy atom. The van der Waals surface area contributed by atoms with Crippen molar-refractivity contribution in [1.82, 2.24) is 15.5 Å². The van der Waals surface area contributed by atoms with Crippen molar-refractivity contribution in [1.29, 1.82) is 0 Å². The number of hydrogen-bond donors (Lipinski definition) is 2. The van der Waals surface area contributed by atoms with Crippen molar-refractivity contribution in [2.24, 2.45) is 5.92 Å². The smallest absolute Gasteiger partial charge is 0.408 e. The van der Waals surface area contributed by atoms with Crippen LogP contribution < -0.4 is 10.6 Å². The minimum absolute atomic E-state index is 0.0271. The molecular weight excluding hydrogens is 418 g/mol. The molecule has 1 aromatic rings. The van der Waals surface area contributed by atoms with E-state index in [1.165, 1.54) is 0 Å². The van der Waals surface area contributed by atoms with E-state index in [-0.39, 0.29) is 23.8 Å². The number of rotatable bonds is 10. The van der Waals surface area contributed by atoms with Gasteiger partial charge in [0.2, 0.25) is 11.8 Å². The Morgan fingerprint density at radius 3 is 2.30 bits per heavy atom. The summed E-state index contributed by atoms with van der Waals surface area (Å²) in [5.41, 5.74) is 1.09. The third-order valence-corrected chi connectivity index (χ3v) is 5.64. The maximum atomic E-state index is 13.9. The fourth-order valence-electron chi connectivity index (χ4n) is 3.78. The molecule has 2 atom stereocenters. The molecule has 1 fully saturated rings. The summed E-state index contributed by atoms with van der Waals surface area (Å²) >= 11 is 0. The van der Waals surface area contributed by atoms with E-state index in [0.717, 1.165) is 36.8 Å². The number of hydrogen-bond acceptors (Lipinski definition) is 4. The van der Waals surface area contributed by atoms with E-state index < -0.39 is 23.8 Å². The quantitative estimate of drug-likeness (QED) is 0.505. The van der Waals surface area contributed by atoms with E-state index in [9.17, 15) is 14.4 Å².